The third kappa shape index (κ3) is 1.28. The molecule has 0 amide bonds. The van der Waals surface area contributed by atoms with Gasteiger partial charge in [0.15, 0.2) is 0 Å². The molecule has 0 spiro atoms. The molecule has 0 N–H and O–H groups in total. The Morgan fingerprint density at radius 1 is 1.67 bits per heavy atom. The predicted octanol–water partition coefficient (Wildman–Crippen LogP) is 1.20. The molecule has 1 atom stereocenters. The van der Waals surface area contributed by atoms with Crippen molar-refractivity contribution in [2.75, 3.05) is 0 Å². The number of oxime groups is 1. The fourth-order valence-corrected chi connectivity index (χ4v) is 0.531. The second-order valence-electron chi connectivity index (χ2n) is 2.29. The molecule has 3 heteroatoms. The van der Waals surface area contributed by atoms with E-state index in [0.29, 0.717) is 0 Å². The fourth-order valence-electron chi connectivity index (χ4n) is 0.531. The third-order valence-electron chi connectivity index (χ3n) is 1.50. The summed E-state index contributed by atoms with van der Waals surface area (Å²) in [5, 5.41) is 3.63. The van der Waals surface area contributed by atoms with E-state index >= 15 is 0 Å². The Bertz CT molecular complexity index is 139. The lowest BCUT2D eigenvalue weighted by molar-refractivity contribution is 0.324. The summed E-state index contributed by atoms with van der Waals surface area (Å²) in [5.41, 5.74) is -0.127. The SMILES string of the molecule is CCC1(C)C=NOC=N1. The van der Waals surface area contributed by atoms with Crippen molar-refractivity contribution in [1.82, 2.24) is 0 Å². The molecular formula is C6H10N2O. The maximum Gasteiger partial charge on any atom is 0.208 e. The maximum absolute atomic E-state index is 4.54. The summed E-state index contributed by atoms with van der Waals surface area (Å²) < 4.78 is 0. The summed E-state index contributed by atoms with van der Waals surface area (Å²) >= 11 is 0. The Hall–Kier alpha value is -0.860. The van der Waals surface area contributed by atoms with Gasteiger partial charge in [0.25, 0.3) is 0 Å². The normalized spacial score (nSPS) is 32.2. The quantitative estimate of drug-likeness (QED) is 0.519. The zero-order chi connectivity index (χ0) is 6.74. The van der Waals surface area contributed by atoms with Crippen LogP contribution in [0.5, 0.6) is 0 Å². The molecule has 0 bridgehead atoms. The van der Waals surface area contributed by atoms with Crippen LogP contribution in [-0.4, -0.2) is 18.2 Å². The van der Waals surface area contributed by atoms with Crippen LogP contribution < -0.4 is 0 Å². The third-order valence-corrected chi connectivity index (χ3v) is 1.50. The zero-order valence-corrected chi connectivity index (χ0v) is 5.66. The topological polar surface area (TPSA) is 34.0 Å². The average molecular weight is 126 g/mol. The zero-order valence-electron chi connectivity index (χ0n) is 5.66. The van der Waals surface area contributed by atoms with Crippen LogP contribution in [-0.2, 0) is 4.84 Å². The van der Waals surface area contributed by atoms with E-state index in [9.17, 15) is 0 Å². The van der Waals surface area contributed by atoms with Crippen LogP contribution in [0.25, 0.3) is 0 Å². The van der Waals surface area contributed by atoms with E-state index in [0.717, 1.165) is 6.42 Å². The molecule has 1 unspecified atom stereocenters. The molecule has 0 aromatic heterocycles. The number of rotatable bonds is 1. The Balaban J connectivity index is 2.67. The molecule has 50 valence electrons. The molecule has 0 saturated heterocycles. The second kappa shape index (κ2) is 2.17. The van der Waals surface area contributed by atoms with Crippen molar-refractivity contribution in [3.63, 3.8) is 0 Å². The van der Waals surface area contributed by atoms with Crippen LogP contribution >= 0.6 is 0 Å². The van der Waals surface area contributed by atoms with E-state index in [4.69, 9.17) is 0 Å². The van der Waals surface area contributed by atoms with Crippen molar-refractivity contribution in [1.29, 1.82) is 0 Å². The van der Waals surface area contributed by atoms with Gasteiger partial charge in [0.2, 0.25) is 6.40 Å². The first-order valence-corrected chi connectivity index (χ1v) is 3.01. The lowest BCUT2D eigenvalue weighted by Gasteiger charge is -2.18. The van der Waals surface area contributed by atoms with E-state index in [1.807, 2.05) is 6.92 Å². The lowest BCUT2D eigenvalue weighted by atomic mass is 10.0. The fraction of sp³-hybridized carbons (Fsp3) is 0.667. The molecule has 3 nitrogen and oxygen atoms in total. The Kier molecular flexibility index (Phi) is 1.51. The second-order valence-corrected chi connectivity index (χ2v) is 2.29. The van der Waals surface area contributed by atoms with E-state index < -0.39 is 0 Å². The lowest BCUT2D eigenvalue weighted by Crippen LogP contribution is -2.25. The molecule has 0 aliphatic carbocycles. The highest BCUT2D eigenvalue weighted by atomic mass is 16.6. The maximum atomic E-state index is 4.54. The first-order chi connectivity index (χ1) is 4.27. The minimum atomic E-state index is -0.127. The van der Waals surface area contributed by atoms with Gasteiger partial charge in [-0.2, -0.15) is 0 Å². The first kappa shape index (κ1) is 6.26. The number of hydrogen-bond donors (Lipinski definition) is 0. The van der Waals surface area contributed by atoms with Gasteiger partial charge < -0.3 is 4.84 Å². The van der Waals surface area contributed by atoms with Crippen molar-refractivity contribution < 1.29 is 4.84 Å². The molecule has 1 aliphatic heterocycles. The molecular weight excluding hydrogens is 116 g/mol. The van der Waals surface area contributed by atoms with Crippen LogP contribution in [0.2, 0.25) is 0 Å². The molecule has 0 fully saturated rings. The molecule has 1 heterocycles. The van der Waals surface area contributed by atoms with Crippen LogP contribution in [0.3, 0.4) is 0 Å². The van der Waals surface area contributed by atoms with Gasteiger partial charge in [0.05, 0.1) is 11.8 Å². The van der Waals surface area contributed by atoms with Crippen LogP contribution in [0.4, 0.5) is 0 Å². The summed E-state index contributed by atoms with van der Waals surface area (Å²) in [6.45, 7) is 4.07. The van der Waals surface area contributed by atoms with Crippen molar-refractivity contribution >= 4 is 12.6 Å². The molecule has 1 rings (SSSR count). The Morgan fingerprint density at radius 3 is 2.78 bits per heavy atom. The van der Waals surface area contributed by atoms with Gasteiger partial charge in [-0.25, -0.2) is 4.99 Å². The Labute approximate surface area is 54.4 Å². The summed E-state index contributed by atoms with van der Waals surface area (Å²) in [5.74, 6) is 0. The number of nitrogens with zero attached hydrogens (tertiary/aromatic N) is 2. The van der Waals surface area contributed by atoms with Crippen molar-refractivity contribution in [3.8, 4) is 0 Å². The van der Waals surface area contributed by atoms with Crippen LogP contribution in [0.1, 0.15) is 20.3 Å². The summed E-state index contributed by atoms with van der Waals surface area (Å²) in [6.07, 6.45) is 4.05. The highest BCUT2D eigenvalue weighted by molar-refractivity contribution is 5.73. The number of hydrogen-bond acceptors (Lipinski definition) is 3. The molecule has 0 aromatic rings. The number of aliphatic imine (C=N–C) groups is 1. The highest BCUT2D eigenvalue weighted by Gasteiger charge is 2.19. The van der Waals surface area contributed by atoms with Crippen LogP contribution in [0.15, 0.2) is 10.1 Å². The van der Waals surface area contributed by atoms with Gasteiger partial charge in [-0.05, 0) is 13.3 Å². The molecule has 0 aromatic carbocycles. The summed E-state index contributed by atoms with van der Waals surface area (Å²) in [6, 6.07) is 0. The monoisotopic (exact) mass is 126 g/mol. The standard InChI is InChI=1S/C6H10N2O/c1-3-6(2)4-8-9-5-7-6/h4-5H,3H2,1-2H3. The van der Waals surface area contributed by atoms with Gasteiger partial charge in [0, 0.05) is 0 Å². The molecule has 0 saturated carbocycles. The van der Waals surface area contributed by atoms with Crippen LogP contribution in [0, 0.1) is 0 Å². The van der Waals surface area contributed by atoms with E-state index in [1.165, 1.54) is 6.40 Å². The molecule has 9 heavy (non-hydrogen) atoms. The first-order valence-electron chi connectivity index (χ1n) is 3.01. The predicted molar refractivity (Wildman–Crippen MR) is 36.8 cm³/mol. The average Bonchev–Trinajstić information content (AvgIpc) is 1.90. The molecule has 0 radical (unpaired) electrons. The van der Waals surface area contributed by atoms with Crippen molar-refractivity contribution in [3.05, 3.63) is 0 Å². The van der Waals surface area contributed by atoms with Gasteiger partial charge in [-0.3, -0.25) is 0 Å². The summed E-state index contributed by atoms with van der Waals surface area (Å²) in [4.78, 5) is 8.63. The van der Waals surface area contributed by atoms with E-state index in [2.05, 4.69) is 21.9 Å². The van der Waals surface area contributed by atoms with E-state index in [-0.39, 0.29) is 5.54 Å². The largest absolute Gasteiger partial charge is 0.345 e. The highest BCUT2D eigenvalue weighted by Crippen LogP contribution is 2.13. The van der Waals surface area contributed by atoms with Gasteiger partial charge in [0.1, 0.15) is 0 Å². The van der Waals surface area contributed by atoms with E-state index in [1.54, 1.807) is 6.21 Å². The molecule has 1 aliphatic rings. The summed E-state index contributed by atoms with van der Waals surface area (Å²) in [7, 11) is 0. The van der Waals surface area contributed by atoms with Gasteiger partial charge in [-0.1, -0.05) is 12.1 Å². The Morgan fingerprint density at radius 2 is 2.44 bits per heavy atom. The minimum Gasteiger partial charge on any atom is -0.345 e. The van der Waals surface area contributed by atoms with Gasteiger partial charge in [-0.15, -0.1) is 0 Å². The van der Waals surface area contributed by atoms with Gasteiger partial charge >= 0.3 is 0 Å². The van der Waals surface area contributed by atoms with Crippen molar-refractivity contribution in [2.24, 2.45) is 10.1 Å². The van der Waals surface area contributed by atoms with Crippen molar-refractivity contribution in [2.45, 2.75) is 25.8 Å². The smallest absolute Gasteiger partial charge is 0.208 e. The minimum absolute atomic E-state index is 0.127.